The van der Waals surface area contributed by atoms with E-state index in [1.54, 1.807) is 0 Å². The number of rotatable bonds is 3. The topological polar surface area (TPSA) is 67.5 Å². The zero-order chi connectivity index (χ0) is 17.4. The lowest BCUT2D eigenvalue weighted by molar-refractivity contribution is 0.0625. The number of fused-ring (bicyclic) bond motifs is 3. The van der Waals surface area contributed by atoms with E-state index in [1.165, 1.54) is 5.56 Å². The minimum absolute atomic E-state index is 0.282. The highest BCUT2D eigenvalue weighted by Gasteiger charge is 2.34. The number of hydrogen-bond donors (Lipinski definition) is 0. The molecule has 4 heterocycles. The fourth-order valence-corrected chi connectivity index (χ4v) is 3.85. The predicted octanol–water partition coefficient (Wildman–Crippen LogP) is 1.73. The first-order valence-corrected chi connectivity index (χ1v) is 8.89. The largest absolute Gasteiger partial charge is 0.379 e. The molecular weight excluding hydrogens is 318 g/mol. The van der Waals surface area contributed by atoms with Crippen LogP contribution in [0.4, 0.5) is 5.82 Å². The molecule has 0 N–H and O–H groups in total. The summed E-state index contributed by atoms with van der Waals surface area (Å²) in [7, 11) is 0. The molecule has 2 atom stereocenters. The zero-order valence-electron chi connectivity index (χ0n) is 15.1. The van der Waals surface area contributed by atoms with Gasteiger partial charge in [0, 0.05) is 37.7 Å². The summed E-state index contributed by atoms with van der Waals surface area (Å²) in [6.07, 6.45) is 0. The van der Waals surface area contributed by atoms with Gasteiger partial charge in [-0.3, -0.25) is 4.90 Å². The maximum Gasteiger partial charge on any atom is 0.151 e. The van der Waals surface area contributed by atoms with E-state index in [2.05, 4.69) is 31.2 Å². The molecular formula is C18H25N5O2. The van der Waals surface area contributed by atoms with Crippen LogP contribution < -0.4 is 4.90 Å². The maximum absolute atomic E-state index is 5.92. The van der Waals surface area contributed by atoms with Gasteiger partial charge in [0.05, 0.1) is 30.6 Å². The quantitative estimate of drug-likeness (QED) is 0.840. The standard InChI is InChI=1S/C18H25N5O2/c1-12-4-5-18(20-19-12)23-7-15-6-22(8-16(23)11-24-10-15)9-17-13(2)21-25-14(17)3/h4-5,15-16H,6-11H2,1-3H3/t15-,16-/m0/s1. The third-order valence-corrected chi connectivity index (χ3v) is 5.19. The molecule has 2 aromatic heterocycles. The first-order chi connectivity index (χ1) is 12.1. The first-order valence-electron chi connectivity index (χ1n) is 8.89. The fourth-order valence-electron chi connectivity index (χ4n) is 3.85. The maximum atomic E-state index is 5.92. The second kappa shape index (κ2) is 6.72. The summed E-state index contributed by atoms with van der Waals surface area (Å²) in [4.78, 5) is 4.88. The van der Waals surface area contributed by atoms with Gasteiger partial charge in [-0.25, -0.2) is 0 Å². The van der Waals surface area contributed by atoms with E-state index in [1.807, 2.05) is 26.8 Å². The molecule has 2 saturated heterocycles. The van der Waals surface area contributed by atoms with Crippen molar-refractivity contribution in [2.75, 3.05) is 37.7 Å². The Morgan fingerprint density at radius 2 is 1.96 bits per heavy atom. The van der Waals surface area contributed by atoms with Gasteiger partial charge in [-0.15, -0.1) is 5.10 Å². The Kier molecular flexibility index (Phi) is 4.43. The molecule has 0 aliphatic carbocycles. The highest BCUT2D eigenvalue weighted by atomic mass is 16.5. The van der Waals surface area contributed by atoms with Gasteiger partial charge in [-0.1, -0.05) is 5.16 Å². The average Bonchev–Trinajstić information content (AvgIpc) is 2.77. The number of aryl methyl sites for hydroxylation is 3. The first kappa shape index (κ1) is 16.5. The minimum atomic E-state index is 0.282. The lowest BCUT2D eigenvalue weighted by atomic mass is 10.1. The van der Waals surface area contributed by atoms with Crippen molar-refractivity contribution in [3.63, 3.8) is 0 Å². The molecule has 0 saturated carbocycles. The fraction of sp³-hybridized carbons (Fsp3) is 0.611. The van der Waals surface area contributed by atoms with Crippen LogP contribution in [-0.4, -0.2) is 59.1 Å². The van der Waals surface area contributed by atoms with Crippen molar-refractivity contribution in [2.45, 2.75) is 33.4 Å². The van der Waals surface area contributed by atoms with Crippen LogP contribution in [0.3, 0.4) is 0 Å². The molecule has 0 unspecified atom stereocenters. The Hall–Kier alpha value is -1.99. The van der Waals surface area contributed by atoms with Gasteiger partial charge in [-0.2, -0.15) is 5.10 Å². The smallest absolute Gasteiger partial charge is 0.151 e. The molecule has 2 aliphatic heterocycles. The summed E-state index contributed by atoms with van der Waals surface area (Å²) in [5.74, 6) is 2.32. The molecule has 4 rings (SSSR count). The highest BCUT2D eigenvalue weighted by Crippen LogP contribution is 2.26. The lowest BCUT2D eigenvalue weighted by Crippen LogP contribution is -2.44. The van der Waals surface area contributed by atoms with Crippen molar-refractivity contribution in [1.82, 2.24) is 20.3 Å². The van der Waals surface area contributed by atoms with E-state index in [9.17, 15) is 0 Å². The normalized spacial score (nSPS) is 24.4. The Labute approximate surface area is 147 Å². The number of anilines is 1. The lowest BCUT2D eigenvalue weighted by Gasteiger charge is -2.31. The summed E-state index contributed by atoms with van der Waals surface area (Å²) in [6.45, 7) is 11.3. The molecule has 134 valence electrons. The van der Waals surface area contributed by atoms with E-state index < -0.39 is 0 Å². The van der Waals surface area contributed by atoms with E-state index in [-0.39, 0.29) is 6.04 Å². The monoisotopic (exact) mass is 343 g/mol. The van der Waals surface area contributed by atoms with Crippen LogP contribution in [0.1, 0.15) is 22.7 Å². The number of aromatic nitrogens is 3. The Morgan fingerprint density at radius 3 is 2.68 bits per heavy atom. The molecule has 7 nitrogen and oxygen atoms in total. The van der Waals surface area contributed by atoms with E-state index in [4.69, 9.17) is 9.26 Å². The van der Waals surface area contributed by atoms with E-state index in [0.717, 1.165) is 62.4 Å². The minimum Gasteiger partial charge on any atom is -0.379 e. The Morgan fingerprint density at radius 1 is 1.08 bits per heavy atom. The van der Waals surface area contributed by atoms with Crippen LogP contribution in [0, 0.1) is 26.7 Å². The van der Waals surface area contributed by atoms with Gasteiger partial charge in [-0.05, 0) is 32.9 Å². The molecule has 0 amide bonds. The number of hydrogen-bond acceptors (Lipinski definition) is 7. The molecule has 0 aromatic carbocycles. The number of nitrogens with zero attached hydrogens (tertiary/aromatic N) is 5. The molecule has 0 spiro atoms. The summed E-state index contributed by atoms with van der Waals surface area (Å²) in [6, 6.07) is 4.38. The summed E-state index contributed by atoms with van der Waals surface area (Å²) in [5.41, 5.74) is 3.14. The van der Waals surface area contributed by atoms with Gasteiger partial charge in [0.15, 0.2) is 5.82 Å². The average molecular weight is 343 g/mol. The Balaban J connectivity index is 1.56. The third-order valence-electron chi connectivity index (χ3n) is 5.19. The van der Waals surface area contributed by atoms with Crippen molar-refractivity contribution < 1.29 is 9.26 Å². The van der Waals surface area contributed by atoms with Crippen LogP contribution in [0.5, 0.6) is 0 Å². The number of ether oxygens (including phenoxy) is 1. The van der Waals surface area contributed by atoms with Crippen LogP contribution in [0.15, 0.2) is 16.7 Å². The van der Waals surface area contributed by atoms with E-state index in [0.29, 0.717) is 5.92 Å². The van der Waals surface area contributed by atoms with E-state index >= 15 is 0 Å². The van der Waals surface area contributed by atoms with Crippen molar-refractivity contribution in [2.24, 2.45) is 5.92 Å². The van der Waals surface area contributed by atoms with Crippen LogP contribution in [0.2, 0.25) is 0 Å². The van der Waals surface area contributed by atoms with Gasteiger partial charge in [0.2, 0.25) is 0 Å². The molecule has 0 radical (unpaired) electrons. The molecule has 7 heteroatoms. The molecule has 2 aliphatic rings. The van der Waals surface area contributed by atoms with Crippen molar-refractivity contribution in [1.29, 1.82) is 0 Å². The van der Waals surface area contributed by atoms with Gasteiger partial charge < -0.3 is 14.2 Å². The molecule has 25 heavy (non-hydrogen) atoms. The van der Waals surface area contributed by atoms with Crippen LogP contribution in [0.25, 0.3) is 0 Å². The molecule has 2 aromatic rings. The van der Waals surface area contributed by atoms with Crippen LogP contribution in [-0.2, 0) is 11.3 Å². The Bertz CT molecular complexity index is 710. The van der Waals surface area contributed by atoms with Gasteiger partial charge >= 0.3 is 0 Å². The second-order valence-corrected chi connectivity index (χ2v) is 7.24. The zero-order valence-corrected chi connectivity index (χ0v) is 15.1. The summed E-state index contributed by atoms with van der Waals surface area (Å²) < 4.78 is 11.3. The second-order valence-electron chi connectivity index (χ2n) is 7.24. The SMILES string of the molecule is Cc1ccc(N2C[C@H]3COC[C@@H]2CN(Cc2c(C)noc2C)C3)nn1. The van der Waals surface area contributed by atoms with Crippen LogP contribution >= 0.6 is 0 Å². The summed E-state index contributed by atoms with van der Waals surface area (Å²) in [5, 5.41) is 12.7. The van der Waals surface area contributed by atoms with Crippen molar-refractivity contribution in [3.05, 3.63) is 34.8 Å². The van der Waals surface area contributed by atoms with Gasteiger partial charge in [0.25, 0.3) is 0 Å². The molecule has 2 bridgehead atoms. The van der Waals surface area contributed by atoms with Gasteiger partial charge in [0.1, 0.15) is 5.76 Å². The van der Waals surface area contributed by atoms with Crippen molar-refractivity contribution in [3.8, 4) is 0 Å². The van der Waals surface area contributed by atoms with Crippen molar-refractivity contribution >= 4 is 5.82 Å². The summed E-state index contributed by atoms with van der Waals surface area (Å²) >= 11 is 0. The third kappa shape index (κ3) is 3.39. The highest BCUT2D eigenvalue weighted by molar-refractivity contribution is 5.40. The predicted molar refractivity (Wildman–Crippen MR) is 93.5 cm³/mol. The molecule has 2 fully saturated rings.